The third kappa shape index (κ3) is 4.10. The van der Waals surface area contributed by atoms with Crippen LogP contribution < -0.4 is 5.73 Å². The average molecular weight is 228 g/mol. The summed E-state index contributed by atoms with van der Waals surface area (Å²) in [6.45, 7) is 5.78. The Hall–Kier alpha value is -0.610. The van der Waals surface area contributed by atoms with Gasteiger partial charge in [-0.25, -0.2) is 0 Å². The van der Waals surface area contributed by atoms with Crippen LogP contribution in [0.3, 0.4) is 0 Å². The van der Waals surface area contributed by atoms with Crippen molar-refractivity contribution in [2.45, 2.75) is 32.6 Å². The van der Waals surface area contributed by atoms with E-state index in [0.717, 1.165) is 45.4 Å². The van der Waals surface area contributed by atoms with E-state index in [1.54, 1.807) is 0 Å². The minimum absolute atomic E-state index is 0.0816. The number of nitrogens with two attached hydrogens (primary N) is 1. The molecule has 1 aliphatic heterocycles. The predicted octanol–water partition coefficient (Wildman–Crippen LogP) is 1.00. The van der Waals surface area contributed by atoms with Crippen molar-refractivity contribution in [3.8, 4) is 0 Å². The summed E-state index contributed by atoms with van der Waals surface area (Å²) in [4.78, 5) is 14.1. The number of amides is 1. The summed E-state index contributed by atoms with van der Waals surface area (Å²) < 4.78 is 5.36. The summed E-state index contributed by atoms with van der Waals surface area (Å²) in [5.41, 5.74) is 5.49. The molecular formula is C12H24N2O2. The van der Waals surface area contributed by atoms with Gasteiger partial charge in [-0.15, -0.1) is 0 Å². The number of nitrogens with zero attached hydrogens (tertiary/aromatic N) is 1. The molecule has 1 aliphatic rings. The molecule has 1 saturated heterocycles. The molecule has 0 saturated carbocycles. The topological polar surface area (TPSA) is 55.6 Å². The van der Waals surface area contributed by atoms with E-state index in [2.05, 4.69) is 6.92 Å². The molecule has 0 spiro atoms. The van der Waals surface area contributed by atoms with Crippen LogP contribution in [0.2, 0.25) is 0 Å². The van der Waals surface area contributed by atoms with Crippen LogP contribution in [0, 0.1) is 5.92 Å². The van der Waals surface area contributed by atoms with Crippen molar-refractivity contribution in [2.24, 2.45) is 11.7 Å². The standard InChI is InChI=1S/C12H24N2O2/c1-2-7-14(8-4-6-13)12(15)11-5-3-9-16-10-11/h11H,2-10,13H2,1H3. The molecule has 1 rings (SSSR count). The third-order valence-electron chi connectivity index (χ3n) is 2.95. The van der Waals surface area contributed by atoms with E-state index in [1.165, 1.54) is 0 Å². The highest BCUT2D eigenvalue weighted by atomic mass is 16.5. The second kappa shape index (κ2) is 7.63. The summed E-state index contributed by atoms with van der Waals surface area (Å²) in [5.74, 6) is 0.341. The van der Waals surface area contributed by atoms with E-state index in [0.29, 0.717) is 13.2 Å². The van der Waals surface area contributed by atoms with Crippen molar-refractivity contribution in [3.63, 3.8) is 0 Å². The lowest BCUT2D eigenvalue weighted by Crippen LogP contribution is -2.41. The van der Waals surface area contributed by atoms with Crippen molar-refractivity contribution in [1.82, 2.24) is 4.90 Å². The number of ether oxygens (including phenoxy) is 1. The van der Waals surface area contributed by atoms with Gasteiger partial charge in [0.1, 0.15) is 0 Å². The molecule has 1 amide bonds. The molecule has 1 atom stereocenters. The molecule has 1 unspecified atom stereocenters. The van der Waals surface area contributed by atoms with Crippen molar-refractivity contribution >= 4 is 5.91 Å². The molecule has 1 heterocycles. The molecule has 1 fully saturated rings. The van der Waals surface area contributed by atoms with Crippen LogP contribution in [-0.2, 0) is 9.53 Å². The third-order valence-corrected chi connectivity index (χ3v) is 2.95. The number of carbonyl (C=O) groups excluding carboxylic acids is 1. The molecule has 0 aliphatic carbocycles. The average Bonchev–Trinajstić information content (AvgIpc) is 2.35. The predicted molar refractivity (Wildman–Crippen MR) is 64.1 cm³/mol. The van der Waals surface area contributed by atoms with Crippen LogP contribution in [-0.4, -0.2) is 43.7 Å². The lowest BCUT2D eigenvalue weighted by atomic mass is 10.0. The minimum atomic E-state index is 0.0816. The molecular weight excluding hydrogens is 204 g/mol. The van der Waals surface area contributed by atoms with Crippen molar-refractivity contribution in [1.29, 1.82) is 0 Å². The van der Waals surface area contributed by atoms with Gasteiger partial charge in [0.2, 0.25) is 5.91 Å². The number of hydrogen-bond acceptors (Lipinski definition) is 3. The van der Waals surface area contributed by atoms with Gasteiger partial charge in [0.05, 0.1) is 12.5 Å². The molecule has 0 aromatic carbocycles. The maximum Gasteiger partial charge on any atom is 0.228 e. The van der Waals surface area contributed by atoms with Crippen molar-refractivity contribution in [2.75, 3.05) is 32.8 Å². The Bertz CT molecular complexity index is 203. The van der Waals surface area contributed by atoms with Crippen LogP contribution in [0.25, 0.3) is 0 Å². The van der Waals surface area contributed by atoms with Gasteiger partial charge in [0.15, 0.2) is 0 Å². The number of rotatable bonds is 6. The van der Waals surface area contributed by atoms with Gasteiger partial charge in [-0.05, 0) is 32.2 Å². The van der Waals surface area contributed by atoms with E-state index < -0.39 is 0 Å². The minimum Gasteiger partial charge on any atom is -0.381 e. The molecule has 4 nitrogen and oxygen atoms in total. The molecule has 4 heteroatoms. The van der Waals surface area contributed by atoms with Crippen molar-refractivity contribution < 1.29 is 9.53 Å². The quantitative estimate of drug-likeness (QED) is 0.738. The zero-order valence-electron chi connectivity index (χ0n) is 10.3. The second-order valence-corrected chi connectivity index (χ2v) is 4.38. The Morgan fingerprint density at radius 2 is 2.31 bits per heavy atom. The summed E-state index contributed by atoms with van der Waals surface area (Å²) in [7, 11) is 0. The van der Waals surface area contributed by atoms with E-state index in [-0.39, 0.29) is 11.8 Å². The maximum atomic E-state index is 12.2. The van der Waals surface area contributed by atoms with Gasteiger partial charge in [-0.1, -0.05) is 6.92 Å². The highest BCUT2D eigenvalue weighted by molar-refractivity contribution is 5.79. The molecule has 0 radical (unpaired) electrons. The summed E-state index contributed by atoms with van der Waals surface area (Å²) in [6, 6.07) is 0. The Morgan fingerprint density at radius 1 is 1.50 bits per heavy atom. The summed E-state index contributed by atoms with van der Waals surface area (Å²) >= 11 is 0. The van der Waals surface area contributed by atoms with Gasteiger partial charge in [0, 0.05) is 19.7 Å². The normalized spacial score (nSPS) is 20.8. The monoisotopic (exact) mass is 228 g/mol. The van der Waals surface area contributed by atoms with Gasteiger partial charge < -0.3 is 15.4 Å². The smallest absolute Gasteiger partial charge is 0.228 e. The summed E-state index contributed by atoms with van der Waals surface area (Å²) in [6.07, 6.45) is 3.87. The Morgan fingerprint density at radius 3 is 2.88 bits per heavy atom. The lowest BCUT2D eigenvalue weighted by molar-refractivity contribution is -0.139. The maximum absolute atomic E-state index is 12.2. The van der Waals surface area contributed by atoms with Crippen LogP contribution in [0.15, 0.2) is 0 Å². The fraction of sp³-hybridized carbons (Fsp3) is 0.917. The van der Waals surface area contributed by atoms with E-state index in [1.807, 2.05) is 4.90 Å². The molecule has 94 valence electrons. The highest BCUT2D eigenvalue weighted by Crippen LogP contribution is 2.16. The van der Waals surface area contributed by atoms with Gasteiger partial charge in [-0.2, -0.15) is 0 Å². The molecule has 2 N–H and O–H groups in total. The Balaban J connectivity index is 2.44. The van der Waals surface area contributed by atoms with E-state index in [4.69, 9.17) is 10.5 Å². The van der Waals surface area contributed by atoms with Crippen LogP contribution in [0.1, 0.15) is 32.6 Å². The number of carbonyl (C=O) groups is 1. The van der Waals surface area contributed by atoms with Gasteiger partial charge >= 0.3 is 0 Å². The zero-order chi connectivity index (χ0) is 11.8. The fourth-order valence-corrected chi connectivity index (χ4v) is 2.08. The zero-order valence-corrected chi connectivity index (χ0v) is 10.3. The van der Waals surface area contributed by atoms with Crippen molar-refractivity contribution in [3.05, 3.63) is 0 Å². The van der Waals surface area contributed by atoms with Crippen LogP contribution >= 0.6 is 0 Å². The second-order valence-electron chi connectivity index (χ2n) is 4.38. The van der Waals surface area contributed by atoms with Crippen LogP contribution in [0.5, 0.6) is 0 Å². The number of hydrogen-bond donors (Lipinski definition) is 1. The first-order valence-electron chi connectivity index (χ1n) is 6.36. The fourth-order valence-electron chi connectivity index (χ4n) is 2.08. The summed E-state index contributed by atoms with van der Waals surface area (Å²) in [5, 5.41) is 0. The Kier molecular flexibility index (Phi) is 6.42. The SMILES string of the molecule is CCCN(CCCN)C(=O)C1CCCOC1. The molecule has 0 aromatic rings. The van der Waals surface area contributed by atoms with Crippen LogP contribution in [0.4, 0.5) is 0 Å². The highest BCUT2D eigenvalue weighted by Gasteiger charge is 2.25. The first-order valence-corrected chi connectivity index (χ1v) is 6.36. The lowest BCUT2D eigenvalue weighted by Gasteiger charge is -2.29. The molecule has 16 heavy (non-hydrogen) atoms. The van der Waals surface area contributed by atoms with Gasteiger partial charge in [-0.3, -0.25) is 4.79 Å². The Labute approximate surface area is 98.1 Å². The first kappa shape index (κ1) is 13.5. The van der Waals surface area contributed by atoms with E-state index in [9.17, 15) is 4.79 Å². The first-order chi connectivity index (χ1) is 7.79. The largest absolute Gasteiger partial charge is 0.381 e. The molecule has 0 aromatic heterocycles. The van der Waals surface area contributed by atoms with E-state index >= 15 is 0 Å². The molecule has 0 bridgehead atoms. The van der Waals surface area contributed by atoms with Gasteiger partial charge in [0.25, 0.3) is 0 Å².